The Morgan fingerprint density at radius 2 is 1.80 bits per heavy atom. The van der Waals surface area contributed by atoms with E-state index in [0.29, 0.717) is 28.9 Å². The zero-order valence-electron chi connectivity index (χ0n) is 5.27. The standard InChI is InChI=1S/C4H5N2OPS2/c1-2-8(7,9-3-5)10-4-6/h2H2,1H3. The Bertz CT molecular complexity index is 208. The summed E-state index contributed by atoms with van der Waals surface area (Å²) >= 11 is 1.41. The largest absolute Gasteiger partial charge is 0.298 e. The molecule has 0 N–H and O–H groups in total. The third-order valence-corrected chi connectivity index (χ3v) is 7.29. The van der Waals surface area contributed by atoms with Gasteiger partial charge < -0.3 is 0 Å². The van der Waals surface area contributed by atoms with Gasteiger partial charge in [-0.1, -0.05) is 6.92 Å². The molecule has 0 rings (SSSR count). The highest BCUT2D eigenvalue weighted by molar-refractivity contribution is 8.92. The van der Waals surface area contributed by atoms with Crippen LogP contribution in [0.1, 0.15) is 6.92 Å². The van der Waals surface area contributed by atoms with Gasteiger partial charge in [0.1, 0.15) is 10.8 Å². The minimum Gasteiger partial charge on any atom is -0.298 e. The molecular weight excluding hydrogens is 187 g/mol. The molecule has 6 heteroatoms. The van der Waals surface area contributed by atoms with Gasteiger partial charge in [-0.25, -0.2) is 0 Å². The minimum absolute atomic E-state index is 0.378. The van der Waals surface area contributed by atoms with E-state index >= 15 is 0 Å². The van der Waals surface area contributed by atoms with Gasteiger partial charge >= 0.3 is 0 Å². The van der Waals surface area contributed by atoms with Crippen molar-refractivity contribution in [3.8, 4) is 10.8 Å². The van der Waals surface area contributed by atoms with Crippen molar-refractivity contribution in [3.63, 3.8) is 0 Å². The van der Waals surface area contributed by atoms with E-state index in [9.17, 15) is 4.57 Å². The molecule has 0 aromatic rings. The van der Waals surface area contributed by atoms with Gasteiger partial charge in [0, 0.05) is 28.9 Å². The van der Waals surface area contributed by atoms with Crippen molar-refractivity contribution in [1.29, 1.82) is 10.5 Å². The molecule has 0 aliphatic rings. The molecule has 0 saturated carbocycles. The second-order valence-electron chi connectivity index (χ2n) is 1.29. The fourth-order valence-corrected chi connectivity index (χ4v) is 3.38. The van der Waals surface area contributed by atoms with E-state index in [1.54, 1.807) is 17.7 Å². The predicted molar refractivity (Wildman–Crippen MR) is 44.6 cm³/mol. The quantitative estimate of drug-likeness (QED) is 0.508. The molecular formula is C4H5N2OPS2. The fourth-order valence-electron chi connectivity index (χ4n) is 0.272. The summed E-state index contributed by atoms with van der Waals surface area (Å²) < 4.78 is 11.3. The van der Waals surface area contributed by atoms with Crippen molar-refractivity contribution in [2.75, 3.05) is 6.16 Å². The maximum absolute atomic E-state index is 11.3. The van der Waals surface area contributed by atoms with Crippen LogP contribution in [0, 0.1) is 21.3 Å². The van der Waals surface area contributed by atoms with E-state index < -0.39 is 5.55 Å². The van der Waals surface area contributed by atoms with Crippen LogP contribution in [0.25, 0.3) is 0 Å². The number of hydrogen-bond donors (Lipinski definition) is 0. The molecule has 0 aliphatic heterocycles. The van der Waals surface area contributed by atoms with Crippen molar-refractivity contribution in [3.05, 3.63) is 0 Å². The van der Waals surface area contributed by atoms with Gasteiger partial charge in [-0.05, 0) is 0 Å². The van der Waals surface area contributed by atoms with Crippen LogP contribution in [-0.2, 0) is 4.57 Å². The zero-order valence-corrected chi connectivity index (χ0v) is 7.80. The van der Waals surface area contributed by atoms with E-state index in [-0.39, 0.29) is 0 Å². The first-order valence-corrected chi connectivity index (χ1v) is 7.16. The average Bonchev–Trinajstić information content (AvgIpc) is 1.89. The van der Waals surface area contributed by atoms with Crippen LogP contribution in [0.3, 0.4) is 0 Å². The fraction of sp³-hybridized carbons (Fsp3) is 0.500. The van der Waals surface area contributed by atoms with Gasteiger partial charge in [-0.3, -0.25) is 4.57 Å². The van der Waals surface area contributed by atoms with Crippen molar-refractivity contribution in [2.45, 2.75) is 6.92 Å². The highest BCUT2D eigenvalue weighted by Crippen LogP contribution is 2.67. The molecule has 0 fully saturated rings. The highest BCUT2D eigenvalue weighted by atomic mass is 33.1. The summed E-state index contributed by atoms with van der Waals surface area (Å²) in [7, 11) is 0. The molecule has 3 nitrogen and oxygen atoms in total. The monoisotopic (exact) mass is 192 g/mol. The van der Waals surface area contributed by atoms with Crippen molar-refractivity contribution < 1.29 is 4.57 Å². The van der Waals surface area contributed by atoms with Gasteiger partial charge in [0.2, 0.25) is 5.55 Å². The van der Waals surface area contributed by atoms with Gasteiger partial charge in [0.25, 0.3) is 0 Å². The van der Waals surface area contributed by atoms with Crippen molar-refractivity contribution >= 4 is 28.3 Å². The predicted octanol–water partition coefficient (Wildman–Crippen LogP) is 2.63. The Kier molecular flexibility index (Phi) is 4.64. The number of hydrogen-bond acceptors (Lipinski definition) is 5. The molecule has 0 saturated heterocycles. The maximum Gasteiger partial charge on any atom is 0.218 e. The second-order valence-corrected chi connectivity index (χ2v) is 9.20. The summed E-state index contributed by atoms with van der Waals surface area (Å²) in [4.78, 5) is 0. The molecule has 0 atom stereocenters. The van der Waals surface area contributed by atoms with Crippen LogP contribution in [0.15, 0.2) is 0 Å². The minimum atomic E-state index is -2.59. The Labute approximate surface area is 67.7 Å². The first-order valence-electron chi connectivity index (χ1n) is 2.43. The summed E-state index contributed by atoms with van der Waals surface area (Å²) in [5.41, 5.74) is -2.59. The zero-order chi connectivity index (χ0) is 8.04. The molecule has 0 radical (unpaired) electrons. The lowest BCUT2D eigenvalue weighted by molar-refractivity contribution is 0.594. The van der Waals surface area contributed by atoms with Crippen LogP contribution >= 0.6 is 28.3 Å². The average molecular weight is 192 g/mol. The number of thiocyanates is 2. The third-order valence-electron chi connectivity index (χ3n) is 0.747. The van der Waals surface area contributed by atoms with E-state index in [0.717, 1.165) is 0 Å². The molecule has 0 heterocycles. The van der Waals surface area contributed by atoms with E-state index in [2.05, 4.69) is 0 Å². The van der Waals surface area contributed by atoms with E-state index in [4.69, 9.17) is 10.5 Å². The lowest BCUT2D eigenvalue weighted by Gasteiger charge is -2.02. The Balaban J connectivity index is 4.16. The number of rotatable bonds is 3. The topological polar surface area (TPSA) is 64.7 Å². The van der Waals surface area contributed by atoms with E-state index in [1.807, 2.05) is 0 Å². The first-order chi connectivity index (χ1) is 4.68. The smallest absolute Gasteiger partial charge is 0.218 e. The Morgan fingerprint density at radius 3 is 2.00 bits per heavy atom. The maximum atomic E-state index is 11.3. The molecule has 0 unspecified atom stereocenters. The summed E-state index contributed by atoms with van der Waals surface area (Å²) in [5.74, 6) is 0. The molecule has 10 heavy (non-hydrogen) atoms. The molecule has 0 aliphatic carbocycles. The molecule has 0 bridgehead atoms. The van der Waals surface area contributed by atoms with Gasteiger partial charge in [0.05, 0.1) is 0 Å². The van der Waals surface area contributed by atoms with Crippen molar-refractivity contribution in [1.82, 2.24) is 0 Å². The Morgan fingerprint density at radius 1 is 1.40 bits per heavy atom. The summed E-state index contributed by atoms with van der Waals surface area (Å²) in [5, 5.41) is 19.8. The lowest BCUT2D eigenvalue weighted by Crippen LogP contribution is -1.70. The van der Waals surface area contributed by atoms with Crippen LogP contribution in [0.2, 0.25) is 0 Å². The molecule has 0 spiro atoms. The second kappa shape index (κ2) is 4.68. The summed E-state index contributed by atoms with van der Waals surface area (Å²) in [6, 6.07) is 0. The Hall–Kier alpha value is -0.0900. The SMILES string of the molecule is CCP(=O)(SC#N)SC#N. The lowest BCUT2D eigenvalue weighted by atomic mass is 11.0. The third kappa shape index (κ3) is 3.17. The molecule has 0 amide bonds. The van der Waals surface area contributed by atoms with Crippen LogP contribution in [-0.4, -0.2) is 6.16 Å². The normalized spacial score (nSPS) is 9.90. The van der Waals surface area contributed by atoms with Crippen LogP contribution < -0.4 is 0 Å². The number of nitrogens with zero attached hydrogens (tertiary/aromatic N) is 2. The van der Waals surface area contributed by atoms with Crippen LogP contribution in [0.4, 0.5) is 0 Å². The van der Waals surface area contributed by atoms with E-state index in [1.165, 1.54) is 0 Å². The molecule has 0 aromatic carbocycles. The molecule has 0 aromatic heterocycles. The summed E-state index contributed by atoms with van der Waals surface area (Å²) in [6.07, 6.45) is 0.378. The highest BCUT2D eigenvalue weighted by Gasteiger charge is 2.21. The number of nitriles is 2. The van der Waals surface area contributed by atoms with Crippen molar-refractivity contribution in [2.24, 2.45) is 0 Å². The van der Waals surface area contributed by atoms with Crippen LogP contribution in [0.5, 0.6) is 0 Å². The van der Waals surface area contributed by atoms with Gasteiger partial charge in [0.15, 0.2) is 0 Å². The van der Waals surface area contributed by atoms with Gasteiger partial charge in [-0.2, -0.15) is 10.5 Å². The van der Waals surface area contributed by atoms with Gasteiger partial charge in [-0.15, -0.1) is 0 Å². The summed E-state index contributed by atoms with van der Waals surface area (Å²) in [6.45, 7) is 1.70. The molecule has 54 valence electrons. The first kappa shape index (κ1) is 9.91.